The van der Waals surface area contributed by atoms with Crippen molar-refractivity contribution in [1.82, 2.24) is 9.97 Å². The molecule has 18 heavy (non-hydrogen) atoms. The summed E-state index contributed by atoms with van der Waals surface area (Å²) in [5, 5.41) is 0.0221. The Kier molecular flexibility index (Phi) is 3.44. The summed E-state index contributed by atoms with van der Waals surface area (Å²) >= 11 is 5.75. The SMILES string of the molecule is O=S(=O)(Nc1cccc(F)n1)c1cnccc1Cl. The van der Waals surface area contributed by atoms with Crippen molar-refractivity contribution >= 4 is 27.4 Å². The molecular weight excluding hydrogens is 281 g/mol. The van der Waals surface area contributed by atoms with Gasteiger partial charge >= 0.3 is 0 Å². The fraction of sp³-hybridized carbons (Fsp3) is 0. The summed E-state index contributed by atoms with van der Waals surface area (Å²) in [7, 11) is -3.93. The van der Waals surface area contributed by atoms with Crippen LogP contribution < -0.4 is 4.72 Å². The van der Waals surface area contributed by atoms with Gasteiger partial charge < -0.3 is 0 Å². The van der Waals surface area contributed by atoms with Gasteiger partial charge in [-0.3, -0.25) is 9.71 Å². The minimum atomic E-state index is -3.93. The lowest BCUT2D eigenvalue weighted by Gasteiger charge is -2.07. The first kappa shape index (κ1) is 12.7. The van der Waals surface area contributed by atoms with Gasteiger partial charge in [0.2, 0.25) is 5.95 Å². The van der Waals surface area contributed by atoms with Crippen molar-refractivity contribution in [1.29, 1.82) is 0 Å². The maximum Gasteiger partial charge on any atom is 0.266 e. The molecule has 94 valence electrons. The highest BCUT2D eigenvalue weighted by atomic mass is 35.5. The number of pyridine rings is 2. The standard InChI is InChI=1S/C10H7ClFN3O2S/c11-7-4-5-13-6-8(7)18(16,17)15-10-3-1-2-9(12)14-10/h1-6H,(H,14,15). The first-order chi connectivity index (χ1) is 8.49. The number of sulfonamides is 1. The molecule has 2 heterocycles. The van der Waals surface area contributed by atoms with Crippen LogP contribution in [-0.4, -0.2) is 18.4 Å². The topological polar surface area (TPSA) is 72.0 Å². The van der Waals surface area contributed by atoms with E-state index in [1.54, 1.807) is 0 Å². The van der Waals surface area contributed by atoms with Gasteiger partial charge in [0.1, 0.15) is 10.7 Å². The van der Waals surface area contributed by atoms with Crippen molar-refractivity contribution in [3.8, 4) is 0 Å². The molecule has 1 N–H and O–H groups in total. The summed E-state index contributed by atoms with van der Waals surface area (Å²) in [6.07, 6.45) is 2.46. The van der Waals surface area contributed by atoms with E-state index in [1.165, 1.54) is 24.4 Å². The molecule has 0 spiro atoms. The molecule has 0 saturated heterocycles. The Morgan fingerprint density at radius 2 is 2.06 bits per heavy atom. The third kappa shape index (κ3) is 2.74. The molecule has 0 fully saturated rings. The van der Waals surface area contributed by atoms with Crippen molar-refractivity contribution in [3.63, 3.8) is 0 Å². The minimum Gasteiger partial charge on any atom is -0.263 e. The molecule has 2 rings (SSSR count). The molecule has 0 bridgehead atoms. The van der Waals surface area contributed by atoms with Crippen molar-refractivity contribution in [2.45, 2.75) is 4.90 Å². The number of aromatic nitrogens is 2. The molecule has 0 atom stereocenters. The second-order valence-corrected chi connectivity index (χ2v) is 5.32. The maximum absolute atomic E-state index is 12.8. The first-order valence-corrected chi connectivity index (χ1v) is 6.60. The van der Waals surface area contributed by atoms with Gasteiger partial charge in [-0.2, -0.15) is 4.39 Å². The number of anilines is 1. The number of nitrogens with zero attached hydrogens (tertiary/aromatic N) is 2. The summed E-state index contributed by atoms with van der Waals surface area (Å²) in [6.45, 7) is 0. The Morgan fingerprint density at radius 1 is 1.28 bits per heavy atom. The average Bonchev–Trinajstić information content (AvgIpc) is 2.28. The fourth-order valence-corrected chi connectivity index (χ4v) is 2.65. The molecule has 0 aliphatic heterocycles. The van der Waals surface area contributed by atoms with E-state index in [0.29, 0.717) is 0 Å². The van der Waals surface area contributed by atoms with Gasteiger partial charge in [-0.1, -0.05) is 17.7 Å². The van der Waals surface area contributed by atoms with Gasteiger partial charge in [0.25, 0.3) is 10.0 Å². The maximum atomic E-state index is 12.8. The number of nitrogens with one attached hydrogen (secondary N) is 1. The highest BCUT2D eigenvalue weighted by Crippen LogP contribution is 2.21. The van der Waals surface area contributed by atoms with Crippen molar-refractivity contribution in [2.24, 2.45) is 0 Å². The van der Waals surface area contributed by atoms with Crippen LogP contribution in [0, 0.1) is 5.95 Å². The molecule has 0 radical (unpaired) electrons. The van der Waals surface area contributed by atoms with Crippen LogP contribution in [0.5, 0.6) is 0 Å². The van der Waals surface area contributed by atoms with E-state index in [-0.39, 0.29) is 15.7 Å². The third-order valence-electron chi connectivity index (χ3n) is 1.98. The van der Waals surface area contributed by atoms with E-state index in [4.69, 9.17) is 11.6 Å². The smallest absolute Gasteiger partial charge is 0.263 e. The second kappa shape index (κ2) is 4.87. The van der Waals surface area contributed by atoms with Crippen LogP contribution in [0.25, 0.3) is 0 Å². The molecule has 0 aliphatic rings. The Balaban J connectivity index is 2.37. The Morgan fingerprint density at radius 3 is 2.72 bits per heavy atom. The van der Waals surface area contributed by atoms with Gasteiger partial charge in [0.15, 0.2) is 0 Å². The average molecular weight is 288 g/mol. The minimum absolute atomic E-state index is 0.0221. The summed E-state index contributed by atoms with van der Waals surface area (Å²) in [4.78, 5) is 6.87. The predicted octanol–water partition coefficient (Wildman–Crippen LogP) is 2.07. The zero-order chi connectivity index (χ0) is 13.2. The lowest BCUT2D eigenvalue weighted by atomic mass is 10.5. The van der Waals surface area contributed by atoms with Crippen molar-refractivity contribution in [3.05, 3.63) is 47.6 Å². The molecule has 0 saturated carbocycles. The summed E-state index contributed by atoms with van der Waals surface area (Å²) in [6, 6.07) is 5.11. The van der Waals surface area contributed by atoms with Gasteiger partial charge in [-0.05, 0) is 18.2 Å². The van der Waals surface area contributed by atoms with Gasteiger partial charge in [0, 0.05) is 12.4 Å². The van der Waals surface area contributed by atoms with Crippen LogP contribution in [0.4, 0.5) is 10.2 Å². The lowest BCUT2D eigenvalue weighted by Crippen LogP contribution is -2.14. The van der Waals surface area contributed by atoms with Crippen LogP contribution in [0.15, 0.2) is 41.6 Å². The molecule has 2 aromatic rings. The molecule has 0 aliphatic carbocycles. The van der Waals surface area contributed by atoms with E-state index in [2.05, 4.69) is 14.7 Å². The summed E-state index contributed by atoms with van der Waals surface area (Å²) < 4.78 is 38.8. The molecule has 5 nitrogen and oxygen atoms in total. The number of hydrogen-bond donors (Lipinski definition) is 1. The largest absolute Gasteiger partial charge is 0.266 e. The van der Waals surface area contributed by atoms with Gasteiger partial charge in [-0.25, -0.2) is 13.4 Å². The summed E-state index contributed by atoms with van der Waals surface area (Å²) in [5.74, 6) is -0.914. The highest BCUT2D eigenvalue weighted by Gasteiger charge is 2.18. The number of halogens is 2. The molecule has 2 aromatic heterocycles. The van der Waals surface area contributed by atoms with E-state index in [9.17, 15) is 12.8 Å². The van der Waals surface area contributed by atoms with E-state index in [1.807, 2.05) is 0 Å². The molecule has 0 aromatic carbocycles. The van der Waals surface area contributed by atoms with Gasteiger partial charge in [-0.15, -0.1) is 0 Å². The molecule has 8 heteroatoms. The Hall–Kier alpha value is -1.73. The van der Waals surface area contributed by atoms with Gasteiger partial charge in [0.05, 0.1) is 5.02 Å². The van der Waals surface area contributed by atoms with Crippen LogP contribution in [0.2, 0.25) is 5.02 Å². The zero-order valence-corrected chi connectivity index (χ0v) is 10.4. The zero-order valence-electron chi connectivity index (χ0n) is 8.84. The van der Waals surface area contributed by atoms with Crippen LogP contribution in [-0.2, 0) is 10.0 Å². The number of hydrogen-bond acceptors (Lipinski definition) is 4. The normalized spacial score (nSPS) is 11.2. The van der Waals surface area contributed by atoms with E-state index < -0.39 is 16.0 Å². The van der Waals surface area contributed by atoms with Crippen LogP contribution >= 0.6 is 11.6 Å². The van der Waals surface area contributed by atoms with Crippen molar-refractivity contribution < 1.29 is 12.8 Å². The highest BCUT2D eigenvalue weighted by molar-refractivity contribution is 7.92. The Bertz CT molecular complexity index is 678. The quantitative estimate of drug-likeness (QED) is 0.877. The van der Waals surface area contributed by atoms with E-state index in [0.717, 1.165) is 12.3 Å². The molecule has 0 amide bonds. The predicted molar refractivity (Wildman–Crippen MR) is 64.3 cm³/mol. The van der Waals surface area contributed by atoms with E-state index >= 15 is 0 Å². The Labute approximate surface area is 108 Å². The monoisotopic (exact) mass is 287 g/mol. The summed E-state index contributed by atoms with van der Waals surface area (Å²) in [5.41, 5.74) is 0. The van der Waals surface area contributed by atoms with Crippen LogP contribution in [0.1, 0.15) is 0 Å². The fourth-order valence-electron chi connectivity index (χ4n) is 1.22. The molecular formula is C10H7ClFN3O2S. The second-order valence-electron chi connectivity index (χ2n) is 3.26. The third-order valence-corrected chi connectivity index (χ3v) is 3.80. The van der Waals surface area contributed by atoms with Crippen LogP contribution in [0.3, 0.4) is 0 Å². The molecule has 0 unspecified atom stereocenters. The lowest BCUT2D eigenvalue weighted by molar-refractivity contribution is 0.584. The van der Waals surface area contributed by atoms with Crippen molar-refractivity contribution in [2.75, 3.05) is 4.72 Å². The number of rotatable bonds is 3. The first-order valence-electron chi connectivity index (χ1n) is 4.74.